The second kappa shape index (κ2) is 6.55. The van der Waals surface area contributed by atoms with Crippen LogP contribution in [0.3, 0.4) is 0 Å². The Balaban J connectivity index is 0. The van der Waals surface area contributed by atoms with Crippen LogP contribution in [0, 0.1) is 12.3 Å². The first-order valence-electron chi connectivity index (χ1n) is 1.90. The molecule has 0 saturated heterocycles. The smallest absolute Gasteiger partial charge is 0.542 e. The molecule has 0 rings (SSSR count). The Morgan fingerprint density at radius 2 is 2.38 bits per heavy atom. The van der Waals surface area contributed by atoms with Gasteiger partial charge in [-0.3, -0.25) is 0 Å². The topological polar surface area (TPSA) is 26.3 Å². The van der Waals surface area contributed by atoms with Crippen LogP contribution in [0.4, 0.5) is 0 Å². The zero-order chi connectivity index (χ0) is 5.70. The van der Waals surface area contributed by atoms with Gasteiger partial charge in [0, 0.05) is 0 Å². The molecule has 0 aromatic rings. The van der Waals surface area contributed by atoms with E-state index in [9.17, 15) is 4.79 Å². The maximum Gasteiger partial charge on any atom is 1.00 e. The molecule has 0 unspecified atom stereocenters. The largest absolute Gasteiger partial charge is 1.00 e. The molecule has 8 heavy (non-hydrogen) atoms. The minimum Gasteiger partial charge on any atom is -0.542 e. The third kappa shape index (κ3) is 5.55. The van der Waals surface area contributed by atoms with Gasteiger partial charge in [0.2, 0.25) is 5.97 Å². The zero-order valence-corrected chi connectivity index (χ0v) is 5.27. The molecule has 0 fully saturated rings. The third-order valence-electron chi connectivity index (χ3n) is 0.377. The van der Waals surface area contributed by atoms with Crippen LogP contribution in [0.15, 0.2) is 0 Å². The third-order valence-corrected chi connectivity index (χ3v) is 0.377. The van der Waals surface area contributed by atoms with Crippen molar-refractivity contribution in [1.29, 1.82) is 0 Å². The van der Waals surface area contributed by atoms with Crippen molar-refractivity contribution in [3.8, 4) is 5.92 Å². The van der Waals surface area contributed by atoms with E-state index in [1.807, 2.05) is 0 Å². The molecule has 0 radical (unpaired) electrons. The first-order chi connectivity index (χ1) is 3.31. The minimum absolute atomic E-state index is 0. The average Bonchev–Trinajstić information content (AvgIpc) is 1.68. The normalized spacial score (nSPS) is 6.00. The van der Waals surface area contributed by atoms with Gasteiger partial charge < -0.3 is 16.0 Å². The fourth-order valence-electron chi connectivity index (χ4n) is 0.167. The molecule has 48 valence electrons. The monoisotopic (exact) mass is 160 g/mol. The van der Waals surface area contributed by atoms with Crippen molar-refractivity contribution >= 4 is 5.97 Å². The van der Waals surface area contributed by atoms with Gasteiger partial charge in [0.05, 0.1) is 6.61 Å². The first-order valence-corrected chi connectivity index (χ1v) is 1.90. The van der Waals surface area contributed by atoms with E-state index in [0.717, 1.165) is 0 Å². The van der Waals surface area contributed by atoms with Crippen molar-refractivity contribution in [2.45, 2.75) is 6.92 Å². The predicted molar refractivity (Wildman–Crippen MR) is 23.8 cm³/mol. The molecule has 0 atom stereocenters. The number of rotatable bonds is 1. The van der Waals surface area contributed by atoms with E-state index >= 15 is 0 Å². The average molecular weight is 161 g/mol. The maximum atomic E-state index is 9.89. The summed E-state index contributed by atoms with van der Waals surface area (Å²) in [5.74, 6) is 0.849. The Morgan fingerprint density at radius 3 is 2.50 bits per heavy atom. The van der Waals surface area contributed by atoms with Gasteiger partial charge in [0.15, 0.2) is 0 Å². The molecular formula is C5H5CuO2. The van der Waals surface area contributed by atoms with Crippen LogP contribution in [0.1, 0.15) is 6.92 Å². The molecule has 0 aliphatic rings. The molecule has 0 aromatic heterocycles. The SMILES string of the molecule is [C-]#CC(=O)OCC.[Cu+]. The van der Waals surface area contributed by atoms with Gasteiger partial charge in [-0.15, -0.1) is 0 Å². The summed E-state index contributed by atoms with van der Waals surface area (Å²) >= 11 is 0. The van der Waals surface area contributed by atoms with Crippen LogP contribution in [0.5, 0.6) is 0 Å². The van der Waals surface area contributed by atoms with E-state index in [4.69, 9.17) is 6.42 Å². The van der Waals surface area contributed by atoms with Gasteiger partial charge in [-0.25, -0.2) is 5.92 Å². The minimum atomic E-state index is -0.706. The molecule has 3 heteroatoms. The van der Waals surface area contributed by atoms with E-state index in [-0.39, 0.29) is 17.1 Å². The quantitative estimate of drug-likeness (QED) is 0.236. The van der Waals surface area contributed by atoms with Crippen LogP contribution in [-0.2, 0) is 26.6 Å². The molecule has 0 spiro atoms. The summed E-state index contributed by atoms with van der Waals surface area (Å²) in [7, 11) is 0. The summed E-state index contributed by atoms with van der Waals surface area (Å²) in [5.41, 5.74) is 0. The molecule has 0 heterocycles. The van der Waals surface area contributed by atoms with Gasteiger partial charge in [-0.05, 0) is 6.92 Å². The summed E-state index contributed by atoms with van der Waals surface area (Å²) in [4.78, 5) is 9.89. The van der Waals surface area contributed by atoms with Gasteiger partial charge in [0.25, 0.3) is 0 Å². The number of carbonyl (C=O) groups excluding carboxylic acids is 1. The van der Waals surface area contributed by atoms with Crippen LogP contribution in [0.25, 0.3) is 0 Å². The standard InChI is InChI=1S/C5H5O2.Cu/c1-3-5(6)7-4-2;/h4H2,2H3;/q-1;+1. The Bertz CT molecular complexity index is 103. The van der Waals surface area contributed by atoms with Crippen LogP contribution < -0.4 is 0 Å². The summed E-state index contributed by atoms with van der Waals surface area (Å²) in [6, 6.07) is 0. The molecule has 0 aliphatic carbocycles. The van der Waals surface area contributed by atoms with Crippen molar-refractivity contribution in [3.05, 3.63) is 6.42 Å². The van der Waals surface area contributed by atoms with Gasteiger partial charge in [-0.1, -0.05) is 0 Å². The molecule has 0 amide bonds. The number of esters is 1. The van der Waals surface area contributed by atoms with Crippen molar-refractivity contribution in [1.82, 2.24) is 0 Å². The second-order valence-corrected chi connectivity index (χ2v) is 0.845. The van der Waals surface area contributed by atoms with E-state index in [2.05, 4.69) is 4.74 Å². The van der Waals surface area contributed by atoms with Gasteiger partial charge in [0.1, 0.15) is 0 Å². The molecule has 0 aliphatic heterocycles. The summed E-state index contributed by atoms with van der Waals surface area (Å²) < 4.78 is 4.25. The number of hydrogen-bond donors (Lipinski definition) is 0. The van der Waals surface area contributed by atoms with Crippen LogP contribution in [0.2, 0.25) is 0 Å². The van der Waals surface area contributed by atoms with Crippen LogP contribution in [-0.4, -0.2) is 12.6 Å². The number of carbonyl (C=O) groups is 1. The van der Waals surface area contributed by atoms with Crippen LogP contribution >= 0.6 is 0 Å². The number of ether oxygens (including phenoxy) is 1. The molecule has 2 nitrogen and oxygen atoms in total. The van der Waals surface area contributed by atoms with Crippen molar-refractivity contribution in [3.63, 3.8) is 0 Å². The van der Waals surface area contributed by atoms with Gasteiger partial charge in [-0.2, -0.15) is 0 Å². The fourth-order valence-corrected chi connectivity index (χ4v) is 0.167. The molecule has 0 aromatic carbocycles. The van der Waals surface area contributed by atoms with E-state index in [1.54, 1.807) is 12.8 Å². The zero-order valence-electron chi connectivity index (χ0n) is 4.33. The van der Waals surface area contributed by atoms with E-state index in [0.29, 0.717) is 6.61 Å². The van der Waals surface area contributed by atoms with Crippen molar-refractivity contribution in [2.75, 3.05) is 6.61 Å². The molecule has 0 N–H and O–H groups in total. The second-order valence-electron chi connectivity index (χ2n) is 0.845. The summed E-state index contributed by atoms with van der Waals surface area (Å²) in [6.45, 7) is 1.99. The van der Waals surface area contributed by atoms with Crippen molar-refractivity contribution < 1.29 is 26.6 Å². The Hall–Kier alpha value is -0.451. The predicted octanol–water partition coefficient (Wildman–Crippen LogP) is 0.137. The molecule has 0 saturated carbocycles. The fraction of sp³-hybridized carbons (Fsp3) is 0.400. The van der Waals surface area contributed by atoms with E-state index in [1.165, 1.54) is 0 Å². The van der Waals surface area contributed by atoms with Crippen molar-refractivity contribution in [2.24, 2.45) is 0 Å². The number of hydrogen-bond acceptors (Lipinski definition) is 2. The maximum absolute atomic E-state index is 9.89. The first kappa shape index (κ1) is 10.5. The summed E-state index contributed by atoms with van der Waals surface area (Å²) in [5, 5.41) is 0. The van der Waals surface area contributed by atoms with Gasteiger partial charge >= 0.3 is 17.1 Å². The summed E-state index contributed by atoms with van der Waals surface area (Å²) in [6.07, 6.45) is 6.19. The van der Waals surface area contributed by atoms with E-state index < -0.39 is 5.97 Å². The Morgan fingerprint density at radius 1 is 1.88 bits per heavy atom. The molecule has 0 bridgehead atoms. The Kier molecular flexibility index (Phi) is 8.61. The molecular weight excluding hydrogens is 156 g/mol. The Labute approximate surface area is 59.1 Å².